The predicted molar refractivity (Wildman–Crippen MR) is 58.2 cm³/mol. The Morgan fingerprint density at radius 3 is 2.93 bits per heavy atom. The van der Waals surface area contributed by atoms with Crippen molar-refractivity contribution >= 4 is 12.0 Å². The zero-order valence-electron chi connectivity index (χ0n) is 8.71. The van der Waals surface area contributed by atoms with E-state index in [-0.39, 0.29) is 0 Å². The summed E-state index contributed by atoms with van der Waals surface area (Å²) < 4.78 is 0. The Morgan fingerprint density at radius 2 is 2.29 bits per heavy atom. The highest BCUT2D eigenvalue weighted by Crippen LogP contribution is 2.31. The number of likely N-dealkylation sites (N-methyl/N-ethyl adjacent to an activating group) is 1. The van der Waals surface area contributed by atoms with Crippen molar-refractivity contribution in [3.63, 3.8) is 0 Å². The van der Waals surface area contributed by atoms with E-state index in [0.717, 1.165) is 36.9 Å². The van der Waals surface area contributed by atoms with Crippen molar-refractivity contribution in [3.05, 3.63) is 28.8 Å². The molecule has 14 heavy (non-hydrogen) atoms. The van der Waals surface area contributed by atoms with E-state index in [0.29, 0.717) is 0 Å². The number of fused-ring (bicyclic) bond motifs is 1. The lowest BCUT2D eigenvalue weighted by Gasteiger charge is -2.17. The Kier molecular flexibility index (Phi) is 2.28. The predicted octanol–water partition coefficient (Wildman–Crippen LogP) is 2.19. The molecule has 0 radical (unpaired) electrons. The second kappa shape index (κ2) is 3.45. The molecule has 0 bridgehead atoms. The summed E-state index contributed by atoms with van der Waals surface area (Å²) in [6.45, 7) is 6.35. The monoisotopic (exact) mass is 189 g/mol. The lowest BCUT2D eigenvalue weighted by atomic mass is 10.0. The topological polar surface area (TPSA) is 20.3 Å². The summed E-state index contributed by atoms with van der Waals surface area (Å²) in [6, 6.07) is 4.00. The third-order valence-corrected chi connectivity index (χ3v) is 3.10. The van der Waals surface area contributed by atoms with Crippen molar-refractivity contribution in [2.75, 3.05) is 18.0 Å². The fraction of sp³-hybridized carbons (Fsp3) is 0.417. The molecular formula is C12H15NO. The molecule has 0 saturated carbocycles. The quantitative estimate of drug-likeness (QED) is 0.665. The first-order valence-corrected chi connectivity index (χ1v) is 5.10. The molecule has 0 amide bonds. The molecule has 0 aliphatic carbocycles. The maximum Gasteiger partial charge on any atom is 0.150 e. The number of carbonyl (C=O) groups excluding carboxylic acids is 1. The second-order valence-corrected chi connectivity index (χ2v) is 3.72. The molecule has 2 heteroatoms. The van der Waals surface area contributed by atoms with E-state index >= 15 is 0 Å². The highest BCUT2D eigenvalue weighted by Gasteiger charge is 2.20. The number of carbonyl (C=O) groups is 1. The largest absolute Gasteiger partial charge is 0.371 e. The van der Waals surface area contributed by atoms with Gasteiger partial charge in [0.05, 0.1) is 0 Å². The smallest absolute Gasteiger partial charge is 0.150 e. The maximum absolute atomic E-state index is 10.8. The van der Waals surface area contributed by atoms with Gasteiger partial charge in [0, 0.05) is 24.3 Å². The van der Waals surface area contributed by atoms with Crippen molar-refractivity contribution in [2.24, 2.45) is 0 Å². The number of hydrogen-bond donors (Lipinski definition) is 0. The molecule has 1 heterocycles. The van der Waals surface area contributed by atoms with E-state index in [1.165, 1.54) is 11.3 Å². The van der Waals surface area contributed by atoms with Crippen LogP contribution in [0.15, 0.2) is 12.1 Å². The Hall–Kier alpha value is -1.31. The standard InChI is InChI=1S/C12H15NO/c1-3-13-7-6-11-9(2)10(8-14)4-5-12(11)13/h4-5,8H,3,6-7H2,1-2H3. The minimum absolute atomic E-state index is 0.835. The van der Waals surface area contributed by atoms with Crippen molar-refractivity contribution in [1.29, 1.82) is 0 Å². The van der Waals surface area contributed by atoms with E-state index in [2.05, 4.69) is 17.9 Å². The average Bonchev–Trinajstić information content (AvgIpc) is 2.62. The summed E-state index contributed by atoms with van der Waals surface area (Å²) in [5.41, 5.74) is 4.67. The lowest BCUT2D eigenvalue weighted by Crippen LogP contribution is -2.19. The molecule has 0 N–H and O–H groups in total. The van der Waals surface area contributed by atoms with Gasteiger partial charge in [0.15, 0.2) is 0 Å². The summed E-state index contributed by atoms with van der Waals surface area (Å²) in [5.74, 6) is 0. The molecule has 0 fully saturated rings. The summed E-state index contributed by atoms with van der Waals surface area (Å²) in [4.78, 5) is 13.1. The third kappa shape index (κ3) is 1.22. The molecule has 0 aromatic heterocycles. The van der Waals surface area contributed by atoms with E-state index in [9.17, 15) is 4.79 Å². The van der Waals surface area contributed by atoms with E-state index in [4.69, 9.17) is 0 Å². The van der Waals surface area contributed by atoms with Crippen molar-refractivity contribution in [2.45, 2.75) is 20.3 Å². The Bertz CT molecular complexity index is 371. The fourth-order valence-electron chi connectivity index (χ4n) is 2.20. The Balaban J connectivity index is 2.51. The molecule has 0 spiro atoms. The molecular weight excluding hydrogens is 174 g/mol. The van der Waals surface area contributed by atoms with Gasteiger partial charge in [-0.05, 0) is 43.5 Å². The average molecular weight is 189 g/mol. The molecule has 0 atom stereocenters. The first-order chi connectivity index (χ1) is 6.77. The molecule has 1 aromatic carbocycles. The van der Waals surface area contributed by atoms with Crippen molar-refractivity contribution < 1.29 is 4.79 Å². The van der Waals surface area contributed by atoms with Crippen LogP contribution < -0.4 is 4.90 Å². The number of rotatable bonds is 2. The van der Waals surface area contributed by atoms with Crippen LogP contribution >= 0.6 is 0 Å². The molecule has 2 rings (SSSR count). The van der Waals surface area contributed by atoms with Crippen LogP contribution in [0.5, 0.6) is 0 Å². The Labute approximate surface area is 84.5 Å². The van der Waals surface area contributed by atoms with Crippen LogP contribution in [0.3, 0.4) is 0 Å². The molecule has 2 nitrogen and oxygen atoms in total. The minimum atomic E-state index is 0.835. The molecule has 0 unspecified atom stereocenters. The Morgan fingerprint density at radius 1 is 1.50 bits per heavy atom. The van der Waals surface area contributed by atoms with Crippen molar-refractivity contribution in [3.8, 4) is 0 Å². The van der Waals surface area contributed by atoms with E-state index in [1.54, 1.807) is 0 Å². The maximum atomic E-state index is 10.8. The summed E-state index contributed by atoms with van der Waals surface area (Å²) >= 11 is 0. The summed E-state index contributed by atoms with van der Waals surface area (Å²) in [7, 11) is 0. The van der Waals surface area contributed by atoms with Gasteiger partial charge in [0.1, 0.15) is 6.29 Å². The normalized spacial score (nSPS) is 14.3. The van der Waals surface area contributed by atoms with Crippen LogP contribution in [0, 0.1) is 6.92 Å². The van der Waals surface area contributed by atoms with Crippen LogP contribution in [-0.4, -0.2) is 19.4 Å². The first-order valence-electron chi connectivity index (χ1n) is 5.10. The van der Waals surface area contributed by atoms with Crippen molar-refractivity contribution in [1.82, 2.24) is 0 Å². The molecule has 74 valence electrons. The highest BCUT2D eigenvalue weighted by molar-refractivity contribution is 5.80. The van der Waals surface area contributed by atoms with Crippen LogP contribution in [0.4, 0.5) is 5.69 Å². The zero-order chi connectivity index (χ0) is 10.1. The van der Waals surface area contributed by atoms with Crippen LogP contribution in [-0.2, 0) is 6.42 Å². The van der Waals surface area contributed by atoms with Gasteiger partial charge in [-0.25, -0.2) is 0 Å². The van der Waals surface area contributed by atoms with Gasteiger partial charge in [-0.15, -0.1) is 0 Å². The first kappa shape index (κ1) is 9.25. The van der Waals surface area contributed by atoms with Crippen LogP contribution in [0.2, 0.25) is 0 Å². The number of benzene rings is 1. The highest BCUT2D eigenvalue weighted by atomic mass is 16.1. The second-order valence-electron chi connectivity index (χ2n) is 3.72. The third-order valence-electron chi connectivity index (χ3n) is 3.10. The van der Waals surface area contributed by atoms with Gasteiger partial charge in [0.2, 0.25) is 0 Å². The van der Waals surface area contributed by atoms with Gasteiger partial charge in [0.25, 0.3) is 0 Å². The molecule has 1 aliphatic rings. The van der Waals surface area contributed by atoms with Crippen LogP contribution in [0.1, 0.15) is 28.4 Å². The lowest BCUT2D eigenvalue weighted by molar-refractivity contribution is 0.112. The van der Waals surface area contributed by atoms with Gasteiger partial charge in [-0.3, -0.25) is 4.79 Å². The number of nitrogens with zero attached hydrogens (tertiary/aromatic N) is 1. The number of hydrogen-bond acceptors (Lipinski definition) is 2. The van der Waals surface area contributed by atoms with Gasteiger partial charge < -0.3 is 4.90 Å². The SMILES string of the molecule is CCN1CCc2c1ccc(C=O)c2C. The van der Waals surface area contributed by atoms with Gasteiger partial charge in [-0.2, -0.15) is 0 Å². The molecule has 1 aliphatic heterocycles. The molecule has 1 aromatic rings. The summed E-state index contributed by atoms with van der Waals surface area (Å²) in [5, 5.41) is 0. The number of aldehydes is 1. The minimum Gasteiger partial charge on any atom is -0.371 e. The van der Waals surface area contributed by atoms with Gasteiger partial charge in [-0.1, -0.05) is 0 Å². The van der Waals surface area contributed by atoms with E-state index in [1.807, 2.05) is 13.0 Å². The zero-order valence-corrected chi connectivity index (χ0v) is 8.71. The molecule has 0 saturated heterocycles. The van der Waals surface area contributed by atoms with Crippen LogP contribution in [0.25, 0.3) is 0 Å². The fourth-order valence-corrected chi connectivity index (χ4v) is 2.20. The summed E-state index contributed by atoms with van der Waals surface area (Å²) in [6.07, 6.45) is 2.03. The number of anilines is 1. The van der Waals surface area contributed by atoms with E-state index < -0.39 is 0 Å². The van der Waals surface area contributed by atoms with Gasteiger partial charge >= 0.3 is 0 Å².